The van der Waals surface area contributed by atoms with Gasteiger partial charge in [0, 0.05) is 36.0 Å². The zero-order chi connectivity index (χ0) is 28.8. The molecule has 216 valence electrons. The number of benzene rings is 3. The second-order valence-corrected chi connectivity index (χ2v) is 11.2. The summed E-state index contributed by atoms with van der Waals surface area (Å²) in [5, 5.41) is 0. The van der Waals surface area contributed by atoms with Crippen molar-refractivity contribution in [2.24, 2.45) is 0 Å². The van der Waals surface area contributed by atoms with Crippen molar-refractivity contribution in [3.8, 4) is 17.2 Å². The molecule has 0 radical (unpaired) electrons. The van der Waals surface area contributed by atoms with Crippen LogP contribution in [0.4, 0.5) is 4.39 Å². The summed E-state index contributed by atoms with van der Waals surface area (Å²) >= 11 is 0. The summed E-state index contributed by atoms with van der Waals surface area (Å²) in [4.78, 5) is 6.37. The van der Waals surface area contributed by atoms with Crippen LogP contribution in [-0.4, -0.2) is 37.8 Å². The Morgan fingerprint density at radius 2 is 1.76 bits per heavy atom. The SMILES string of the molecule is COC1=Cc2c([nH]c3c2CC2c4cc(OCc5cccc(OC)c5)c(OC)cc4CCN2C3c2ccc(F)cc2)CC1. The number of hydrogen-bond donors (Lipinski definition) is 1. The maximum Gasteiger partial charge on any atom is 0.162 e. The molecule has 7 rings (SSSR count). The first-order valence-corrected chi connectivity index (χ1v) is 14.5. The molecule has 0 saturated carbocycles. The number of aryl methyl sites for hydroxylation is 1. The van der Waals surface area contributed by atoms with Gasteiger partial charge in [-0.3, -0.25) is 4.90 Å². The Balaban J connectivity index is 1.30. The van der Waals surface area contributed by atoms with Crippen molar-refractivity contribution < 1.29 is 23.3 Å². The van der Waals surface area contributed by atoms with Crippen LogP contribution in [0.5, 0.6) is 17.2 Å². The summed E-state index contributed by atoms with van der Waals surface area (Å²) in [6.07, 6.45) is 5.75. The van der Waals surface area contributed by atoms with E-state index in [-0.39, 0.29) is 17.9 Å². The van der Waals surface area contributed by atoms with Crippen LogP contribution in [-0.2, 0) is 30.6 Å². The van der Waals surface area contributed by atoms with Gasteiger partial charge >= 0.3 is 0 Å². The molecule has 3 aliphatic rings. The molecule has 2 atom stereocenters. The number of halogens is 1. The molecule has 6 nitrogen and oxygen atoms in total. The Hall–Kier alpha value is -4.23. The zero-order valence-electron chi connectivity index (χ0n) is 24.2. The molecule has 0 saturated heterocycles. The number of H-pyrrole nitrogens is 1. The van der Waals surface area contributed by atoms with Gasteiger partial charge in [-0.25, -0.2) is 4.39 Å². The average molecular weight is 567 g/mol. The van der Waals surface area contributed by atoms with E-state index < -0.39 is 0 Å². The second kappa shape index (κ2) is 10.9. The topological polar surface area (TPSA) is 56.0 Å². The molecule has 1 aromatic heterocycles. The number of aromatic amines is 1. The number of ether oxygens (including phenoxy) is 4. The normalized spacial score (nSPS) is 19.1. The van der Waals surface area contributed by atoms with Gasteiger partial charge in [-0.2, -0.15) is 0 Å². The van der Waals surface area contributed by atoms with Crippen molar-refractivity contribution in [1.29, 1.82) is 0 Å². The molecule has 1 aliphatic carbocycles. The molecule has 2 unspecified atom stereocenters. The number of rotatable bonds is 7. The Bertz CT molecular complexity index is 1660. The van der Waals surface area contributed by atoms with Crippen molar-refractivity contribution in [2.75, 3.05) is 27.9 Å². The van der Waals surface area contributed by atoms with Gasteiger partial charge in [0.2, 0.25) is 0 Å². The van der Waals surface area contributed by atoms with Crippen LogP contribution in [0.15, 0.2) is 66.4 Å². The minimum absolute atomic E-state index is 0.0132. The number of hydrogen-bond acceptors (Lipinski definition) is 5. The molecule has 0 spiro atoms. The lowest BCUT2D eigenvalue weighted by atomic mass is 9.80. The predicted octanol–water partition coefficient (Wildman–Crippen LogP) is 6.93. The van der Waals surface area contributed by atoms with E-state index in [9.17, 15) is 4.39 Å². The molecule has 42 heavy (non-hydrogen) atoms. The van der Waals surface area contributed by atoms with Gasteiger partial charge in [0.05, 0.1) is 33.1 Å². The Labute approximate surface area is 245 Å². The van der Waals surface area contributed by atoms with Crippen molar-refractivity contribution in [3.63, 3.8) is 0 Å². The predicted molar refractivity (Wildman–Crippen MR) is 160 cm³/mol. The van der Waals surface area contributed by atoms with Crippen LogP contribution < -0.4 is 14.2 Å². The van der Waals surface area contributed by atoms with E-state index in [1.54, 1.807) is 33.5 Å². The van der Waals surface area contributed by atoms with Crippen LogP contribution in [0.1, 0.15) is 63.3 Å². The first kappa shape index (κ1) is 26.7. The van der Waals surface area contributed by atoms with Crippen LogP contribution >= 0.6 is 0 Å². The number of methoxy groups -OCH3 is 3. The fourth-order valence-corrected chi connectivity index (χ4v) is 6.92. The van der Waals surface area contributed by atoms with E-state index in [1.807, 2.05) is 36.4 Å². The van der Waals surface area contributed by atoms with E-state index in [4.69, 9.17) is 18.9 Å². The molecule has 0 fully saturated rings. The van der Waals surface area contributed by atoms with Gasteiger partial charge in [-0.05, 0) is 89.6 Å². The summed E-state index contributed by atoms with van der Waals surface area (Å²) < 4.78 is 37.3. The van der Waals surface area contributed by atoms with E-state index in [0.29, 0.717) is 6.61 Å². The minimum atomic E-state index is -0.223. The third-order valence-corrected chi connectivity index (χ3v) is 8.99. The van der Waals surface area contributed by atoms with E-state index >= 15 is 0 Å². The third-order valence-electron chi connectivity index (χ3n) is 8.99. The number of fused-ring (bicyclic) bond motifs is 6. The number of nitrogens with one attached hydrogen (secondary N) is 1. The molecular weight excluding hydrogens is 531 g/mol. The van der Waals surface area contributed by atoms with Gasteiger partial charge in [-0.1, -0.05) is 24.3 Å². The maximum absolute atomic E-state index is 14.0. The fourth-order valence-electron chi connectivity index (χ4n) is 6.92. The highest BCUT2D eigenvalue weighted by Crippen LogP contribution is 2.50. The molecule has 4 aromatic rings. The second-order valence-electron chi connectivity index (χ2n) is 11.2. The van der Waals surface area contributed by atoms with Crippen LogP contribution in [0, 0.1) is 5.82 Å². The summed E-state index contributed by atoms with van der Waals surface area (Å²) in [6.45, 7) is 1.29. The number of aromatic nitrogens is 1. The fraction of sp³-hybridized carbons (Fsp3) is 0.314. The molecule has 0 amide bonds. The molecular formula is C35H35FN2O4. The van der Waals surface area contributed by atoms with Gasteiger partial charge in [0.15, 0.2) is 11.5 Å². The molecule has 7 heteroatoms. The Kier molecular flexibility index (Phi) is 6.90. The van der Waals surface area contributed by atoms with Gasteiger partial charge in [0.1, 0.15) is 18.2 Å². The van der Waals surface area contributed by atoms with Crippen molar-refractivity contribution in [1.82, 2.24) is 9.88 Å². The highest BCUT2D eigenvalue weighted by Gasteiger charge is 2.42. The number of allylic oxidation sites excluding steroid dienone is 1. The van der Waals surface area contributed by atoms with Crippen molar-refractivity contribution in [2.45, 2.75) is 44.4 Å². The molecule has 0 bridgehead atoms. The van der Waals surface area contributed by atoms with E-state index in [0.717, 1.165) is 66.4 Å². The summed E-state index contributed by atoms with van der Waals surface area (Å²) in [7, 11) is 5.11. The van der Waals surface area contributed by atoms with Crippen LogP contribution in [0.2, 0.25) is 0 Å². The van der Waals surface area contributed by atoms with Crippen LogP contribution in [0.25, 0.3) is 6.08 Å². The average Bonchev–Trinajstić information content (AvgIpc) is 3.40. The highest BCUT2D eigenvalue weighted by atomic mass is 19.1. The lowest BCUT2D eigenvalue weighted by molar-refractivity contribution is 0.126. The summed E-state index contributed by atoms with van der Waals surface area (Å²) in [6, 6.07) is 19.3. The lowest BCUT2D eigenvalue weighted by Crippen LogP contribution is -2.43. The zero-order valence-corrected chi connectivity index (χ0v) is 24.2. The first-order valence-electron chi connectivity index (χ1n) is 14.5. The first-order chi connectivity index (χ1) is 20.6. The minimum Gasteiger partial charge on any atom is -0.501 e. The molecule has 3 aromatic carbocycles. The largest absolute Gasteiger partial charge is 0.501 e. The molecule has 3 heterocycles. The van der Waals surface area contributed by atoms with E-state index in [1.165, 1.54) is 33.6 Å². The Morgan fingerprint density at radius 3 is 2.55 bits per heavy atom. The van der Waals surface area contributed by atoms with Gasteiger partial charge in [-0.15, -0.1) is 0 Å². The Morgan fingerprint density at radius 1 is 0.905 bits per heavy atom. The lowest BCUT2D eigenvalue weighted by Gasteiger charge is -2.46. The van der Waals surface area contributed by atoms with Gasteiger partial charge < -0.3 is 23.9 Å². The highest BCUT2D eigenvalue weighted by molar-refractivity contribution is 5.65. The molecule has 2 aliphatic heterocycles. The quantitative estimate of drug-likeness (QED) is 0.263. The van der Waals surface area contributed by atoms with E-state index in [2.05, 4.69) is 28.1 Å². The van der Waals surface area contributed by atoms with Crippen molar-refractivity contribution >= 4 is 6.08 Å². The smallest absolute Gasteiger partial charge is 0.162 e. The van der Waals surface area contributed by atoms with Gasteiger partial charge in [0.25, 0.3) is 0 Å². The van der Waals surface area contributed by atoms with Crippen LogP contribution in [0.3, 0.4) is 0 Å². The molecule has 1 N–H and O–H groups in total. The monoisotopic (exact) mass is 566 g/mol. The number of nitrogens with zero attached hydrogens (tertiary/aromatic N) is 1. The third kappa shape index (κ3) is 4.62. The summed E-state index contributed by atoms with van der Waals surface area (Å²) in [5.74, 6) is 3.05. The standard InChI is InChI=1S/C35H35FN2O4/c1-39-25-6-4-5-21(15-25)20-42-33-19-27-23(16-32(33)41-3)13-14-38-31(27)18-29-28-17-26(40-2)11-12-30(28)37-34(29)35(38)22-7-9-24(36)10-8-22/h4-10,15-17,19,31,35,37H,11-14,18,20H2,1-3H3. The van der Waals surface area contributed by atoms with Crippen molar-refractivity contribution in [3.05, 3.63) is 117 Å². The maximum atomic E-state index is 14.0. The summed E-state index contributed by atoms with van der Waals surface area (Å²) in [5.41, 5.74) is 9.67.